The van der Waals surface area contributed by atoms with Crippen molar-refractivity contribution in [2.75, 3.05) is 11.5 Å². The van der Waals surface area contributed by atoms with Crippen molar-refractivity contribution in [2.45, 2.75) is 64.6 Å². The normalized spacial score (nSPS) is 12.6. The van der Waals surface area contributed by atoms with Gasteiger partial charge in [0, 0.05) is 5.56 Å². The largest absolute Gasteiger partial charge is 0.439 e. The summed E-state index contributed by atoms with van der Waals surface area (Å²) < 4.78 is 5.66. The second-order valence-corrected chi connectivity index (χ2v) is 6.50. The summed E-state index contributed by atoms with van der Waals surface area (Å²) in [5.41, 5.74) is 11.9. The summed E-state index contributed by atoms with van der Waals surface area (Å²) in [4.78, 5) is 4.54. The summed E-state index contributed by atoms with van der Waals surface area (Å²) >= 11 is 0. The van der Waals surface area contributed by atoms with Gasteiger partial charge >= 0.3 is 0 Å². The second kappa shape index (κ2) is 7.06. The fourth-order valence-electron chi connectivity index (χ4n) is 3.09. The summed E-state index contributed by atoms with van der Waals surface area (Å²) in [6.07, 6.45) is 2.05. The summed E-state index contributed by atoms with van der Waals surface area (Å²) in [7, 11) is 0. The molecule has 0 bridgehead atoms. The lowest BCUT2D eigenvalue weighted by molar-refractivity contribution is 0.0249. The first-order chi connectivity index (χ1) is 11.7. The van der Waals surface area contributed by atoms with E-state index in [1.165, 1.54) is 0 Å². The van der Waals surface area contributed by atoms with Gasteiger partial charge in [-0.3, -0.25) is 0 Å². The monoisotopic (exact) mass is 347 g/mol. The molecule has 0 spiro atoms. The fraction of sp³-hybridized carbons (Fsp3) is 0.526. The predicted octanol–water partition coefficient (Wildman–Crippen LogP) is 3.52. The van der Waals surface area contributed by atoms with Crippen molar-refractivity contribution in [3.05, 3.63) is 29.5 Å². The average molecular weight is 347 g/mol. The van der Waals surface area contributed by atoms with E-state index in [0.717, 1.165) is 0 Å². The van der Waals surface area contributed by atoms with Gasteiger partial charge in [-0.2, -0.15) is 0 Å². The van der Waals surface area contributed by atoms with Crippen molar-refractivity contribution in [2.24, 2.45) is 0 Å². The van der Waals surface area contributed by atoms with Crippen LogP contribution in [0.3, 0.4) is 0 Å². The number of hydrogen-bond acceptors (Lipinski definition) is 6. The maximum Gasteiger partial charge on any atom is 0.197 e. The third-order valence-electron chi connectivity index (χ3n) is 5.22. The molecule has 2 aromatic rings. The van der Waals surface area contributed by atoms with E-state index in [4.69, 9.17) is 15.9 Å². The molecule has 0 saturated heterocycles. The Kier molecular flexibility index (Phi) is 5.44. The van der Waals surface area contributed by atoms with Gasteiger partial charge in [0.15, 0.2) is 11.6 Å². The molecule has 6 N–H and O–H groups in total. The number of pyridine rings is 1. The lowest BCUT2D eigenvalue weighted by Gasteiger charge is -2.26. The first-order valence-electron chi connectivity index (χ1n) is 8.86. The van der Waals surface area contributed by atoms with Gasteiger partial charge in [0.2, 0.25) is 0 Å². The van der Waals surface area contributed by atoms with E-state index in [1.807, 2.05) is 27.7 Å². The van der Waals surface area contributed by atoms with Crippen LogP contribution in [-0.2, 0) is 11.2 Å². The minimum atomic E-state index is -1.09. The molecule has 0 aliphatic carbocycles. The molecule has 0 unspecified atom stereocenters. The summed E-state index contributed by atoms with van der Waals surface area (Å²) in [6, 6.07) is 5.16. The Balaban J connectivity index is 2.54. The number of aliphatic hydroxyl groups is 2. The average Bonchev–Trinajstić information content (AvgIpc) is 3.03. The molecule has 0 aliphatic heterocycles. The van der Waals surface area contributed by atoms with Crippen LogP contribution in [0.5, 0.6) is 0 Å². The number of furan rings is 1. The highest BCUT2D eigenvalue weighted by molar-refractivity contribution is 5.62. The Morgan fingerprint density at radius 3 is 2.04 bits per heavy atom. The smallest absolute Gasteiger partial charge is 0.197 e. The van der Waals surface area contributed by atoms with Crippen LogP contribution in [0.4, 0.5) is 11.6 Å². The van der Waals surface area contributed by atoms with E-state index in [1.54, 1.807) is 18.2 Å². The third-order valence-corrected chi connectivity index (χ3v) is 5.22. The van der Waals surface area contributed by atoms with E-state index >= 15 is 0 Å². The van der Waals surface area contributed by atoms with Crippen molar-refractivity contribution in [3.63, 3.8) is 0 Å². The molecule has 0 aliphatic rings. The summed E-state index contributed by atoms with van der Waals surface area (Å²) in [6.45, 7) is 7.58. The van der Waals surface area contributed by atoms with Crippen molar-refractivity contribution in [3.8, 4) is 11.5 Å². The Hall–Kier alpha value is -2.05. The number of aromatic nitrogens is 1. The highest BCUT2D eigenvalue weighted by Gasteiger charge is 2.32. The molecule has 6 heteroatoms. The van der Waals surface area contributed by atoms with Crippen molar-refractivity contribution in [1.82, 2.24) is 4.98 Å². The molecule has 0 saturated carbocycles. The Morgan fingerprint density at radius 1 is 0.960 bits per heavy atom. The summed E-state index contributed by atoms with van der Waals surface area (Å²) in [5.74, 6) is 0.631. The quantitative estimate of drug-likeness (QED) is 0.608. The zero-order chi connectivity index (χ0) is 18.8. The number of nitrogen functional groups attached to an aromatic ring is 2. The Morgan fingerprint density at radius 2 is 1.52 bits per heavy atom. The molecule has 0 fully saturated rings. The van der Waals surface area contributed by atoms with Crippen LogP contribution in [0.25, 0.3) is 11.5 Å². The van der Waals surface area contributed by atoms with Crippen molar-refractivity contribution in [1.29, 1.82) is 0 Å². The molecule has 0 amide bonds. The number of nitrogens with two attached hydrogens (primary N) is 2. The highest BCUT2D eigenvalue weighted by atomic mass is 16.4. The summed E-state index contributed by atoms with van der Waals surface area (Å²) in [5, 5.41) is 21.5. The topological polar surface area (TPSA) is 119 Å². The highest BCUT2D eigenvalue weighted by Crippen LogP contribution is 2.39. The van der Waals surface area contributed by atoms with Crippen molar-refractivity contribution < 1.29 is 14.6 Å². The SMILES string of the molecule is CCC(O)(CC)c1cc(-c2ccc(N)c(C(O)(CC)CC)n2)oc1N. The third kappa shape index (κ3) is 3.37. The maximum atomic E-state index is 10.8. The van der Waals surface area contributed by atoms with Gasteiger partial charge in [0.1, 0.15) is 11.3 Å². The van der Waals surface area contributed by atoms with Crippen LogP contribution < -0.4 is 11.5 Å². The van der Waals surface area contributed by atoms with Gasteiger partial charge in [-0.25, -0.2) is 4.98 Å². The van der Waals surface area contributed by atoms with Crippen LogP contribution >= 0.6 is 0 Å². The molecule has 0 aromatic carbocycles. The molecular formula is C19H29N3O3. The van der Waals surface area contributed by atoms with E-state index in [2.05, 4.69) is 4.98 Å². The Bertz CT molecular complexity index is 732. The fourth-order valence-corrected chi connectivity index (χ4v) is 3.09. The van der Waals surface area contributed by atoms with Gasteiger partial charge in [-0.05, 0) is 43.9 Å². The molecule has 2 aromatic heterocycles. The molecule has 138 valence electrons. The van der Waals surface area contributed by atoms with E-state index in [9.17, 15) is 10.2 Å². The maximum absolute atomic E-state index is 10.8. The second-order valence-electron chi connectivity index (χ2n) is 6.50. The number of anilines is 2. The van der Waals surface area contributed by atoms with Crippen LogP contribution in [0.2, 0.25) is 0 Å². The van der Waals surface area contributed by atoms with Crippen molar-refractivity contribution >= 4 is 11.6 Å². The minimum Gasteiger partial charge on any atom is -0.439 e. The molecule has 2 rings (SSSR count). The molecule has 25 heavy (non-hydrogen) atoms. The lowest BCUT2D eigenvalue weighted by atomic mass is 9.89. The number of rotatable bonds is 7. The van der Waals surface area contributed by atoms with E-state index in [0.29, 0.717) is 54.1 Å². The first kappa shape index (κ1) is 19.3. The van der Waals surface area contributed by atoms with E-state index < -0.39 is 11.2 Å². The van der Waals surface area contributed by atoms with E-state index in [-0.39, 0.29) is 5.88 Å². The van der Waals surface area contributed by atoms with Crippen LogP contribution in [0, 0.1) is 0 Å². The van der Waals surface area contributed by atoms with Gasteiger partial charge in [0.05, 0.1) is 17.0 Å². The molecule has 2 heterocycles. The molecule has 0 atom stereocenters. The van der Waals surface area contributed by atoms with Crippen LogP contribution in [-0.4, -0.2) is 15.2 Å². The molecule has 0 radical (unpaired) electrons. The van der Waals surface area contributed by atoms with Gasteiger partial charge < -0.3 is 26.1 Å². The molecular weight excluding hydrogens is 318 g/mol. The van der Waals surface area contributed by atoms with Crippen LogP contribution in [0.15, 0.2) is 22.6 Å². The Labute approximate surface area is 148 Å². The number of hydrogen-bond donors (Lipinski definition) is 4. The predicted molar refractivity (Wildman–Crippen MR) is 99.7 cm³/mol. The van der Waals surface area contributed by atoms with Gasteiger partial charge in [0.25, 0.3) is 0 Å². The lowest BCUT2D eigenvalue weighted by Crippen LogP contribution is -2.26. The van der Waals surface area contributed by atoms with Crippen LogP contribution in [0.1, 0.15) is 64.6 Å². The zero-order valence-electron chi connectivity index (χ0n) is 15.5. The first-order valence-corrected chi connectivity index (χ1v) is 8.86. The van der Waals surface area contributed by atoms with Gasteiger partial charge in [-0.15, -0.1) is 0 Å². The number of nitrogens with zero attached hydrogens (tertiary/aromatic N) is 1. The zero-order valence-corrected chi connectivity index (χ0v) is 15.5. The standard InChI is InChI=1S/C19H29N3O3/c1-5-18(23,6-2)12-11-15(25-17(12)21)14-10-9-13(20)16(22-14)19(24,7-3)8-4/h9-11,23-24H,5-8,20-21H2,1-4H3. The van der Waals surface area contributed by atoms with Gasteiger partial charge in [-0.1, -0.05) is 27.7 Å². The minimum absolute atomic E-state index is 0.183. The molecule has 6 nitrogen and oxygen atoms in total.